The second kappa shape index (κ2) is 9.24. The summed E-state index contributed by atoms with van der Waals surface area (Å²) >= 11 is 0. The number of urea groups is 1. The molecule has 2 aromatic carbocycles. The molecule has 0 saturated carbocycles. The SMILES string of the molecule is COc1ccc(CNC(=O)NCC#Cc2ccccc2N(C)C)cc1. The molecule has 0 radical (unpaired) electrons. The molecule has 2 amide bonds. The van der Waals surface area contributed by atoms with Crippen molar-refractivity contribution in [3.05, 3.63) is 59.7 Å². The van der Waals surface area contributed by atoms with E-state index in [0.29, 0.717) is 6.54 Å². The molecule has 130 valence electrons. The Morgan fingerprint density at radius 2 is 1.80 bits per heavy atom. The molecule has 5 heteroatoms. The van der Waals surface area contributed by atoms with Crippen LogP contribution in [0, 0.1) is 11.8 Å². The van der Waals surface area contributed by atoms with Crippen LogP contribution in [-0.4, -0.2) is 33.8 Å². The molecule has 0 aromatic heterocycles. The first kappa shape index (κ1) is 18.2. The van der Waals surface area contributed by atoms with Gasteiger partial charge in [0.2, 0.25) is 0 Å². The standard InChI is InChI=1S/C20H23N3O2/c1-23(2)19-9-5-4-7-17(19)8-6-14-21-20(24)22-15-16-10-12-18(25-3)13-11-16/h4-5,7,9-13H,14-15H2,1-3H3,(H2,21,22,24). The zero-order chi connectivity index (χ0) is 18.1. The highest BCUT2D eigenvalue weighted by atomic mass is 16.5. The summed E-state index contributed by atoms with van der Waals surface area (Å²) in [6.45, 7) is 0.739. The summed E-state index contributed by atoms with van der Waals surface area (Å²) in [4.78, 5) is 13.8. The van der Waals surface area contributed by atoms with Crippen molar-refractivity contribution >= 4 is 11.7 Å². The minimum atomic E-state index is -0.244. The highest BCUT2D eigenvalue weighted by molar-refractivity contribution is 5.74. The Balaban J connectivity index is 1.79. The Bertz CT molecular complexity index is 759. The Labute approximate surface area is 149 Å². The number of amides is 2. The number of rotatable bonds is 5. The first-order valence-corrected chi connectivity index (χ1v) is 8.00. The second-order valence-corrected chi connectivity index (χ2v) is 5.60. The van der Waals surface area contributed by atoms with Gasteiger partial charge in [-0.25, -0.2) is 4.79 Å². The summed E-state index contributed by atoms with van der Waals surface area (Å²) in [6.07, 6.45) is 0. The molecule has 2 N–H and O–H groups in total. The third-order valence-electron chi connectivity index (χ3n) is 3.56. The summed E-state index contributed by atoms with van der Waals surface area (Å²) in [6, 6.07) is 15.2. The Kier molecular flexibility index (Phi) is 6.73. The van der Waals surface area contributed by atoms with Gasteiger partial charge in [-0.1, -0.05) is 36.1 Å². The van der Waals surface area contributed by atoms with Crippen molar-refractivity contribution in [2.45, 2.75) is 6.54 Å². The van der Waals surface area contributed by atoms with Gasteiger partial charge in [0.15, 0.2) is 0 Å². The van der Waals surface area contributed by atoms with Crippen molar-refractivity contribution in [1.29, 1.82) is 0 Å². The van der Waals surface area contributed by atoms with Gasteiger partial charge in [0.1, 0.15) is 5.75 Å². The molecule has 5 nitrogen and oxygen atoms in total. The maximum absolute atomic E-state index is 11.8. The molecule has 0 fully saturated rings. The molecule has 0 aliphatic rings. The average Bonchev–Trinajstić information content (AvgIpc) is 2.64. The fourth-order valence-corrected chi connectivity index (χ4v) is 2.22. The molecule has 0 bridgehead atoms. The van der Waals surface area contributed by atoms with Gasteiger partial charge in [-0.05, 0) is 29.8 Å². The van der Waals surface area contributed by atoms with Crippen molar-refractivity contribution in [3.8, 4) is 17.6 Å². The van der Waals surface area contributed by atoms with E-state index in [9.17, 15) is 4.79 Å². The lowest BCUT2D eigenvalue weighted by Crippen LogP contribution is -2.35. The molecule has 2 aromatic rings. The normalized spacial score (nSPS) is 9.56. The van der Waals surface area contributed by atoms with E-state index in [2.05, 4.69) is 22.5 Å². The molecule has 2 rings (SSSR count). The van der Waals surface area contributed by atoms with E-state index < -0.39 is 0 Å². The number of methoxy groups -OCH3 is 1. The van der Waals surface area contributed by atoms with Crippen LogP contribution < -0.4 is 20.3 Å². The van der Waals surface area contributed by atoms with Gasteiger partial charge in [-0.15, -0.1) is 0 Å². The number of para-hydroxylation sites is 1. The van der Waals surface area contributed by atoms with Crippen molar-refractivity contribution in [2.24, 2.45) is 0 Å². The highest BCUT2D eigenvalue weighted by Gasteiger charge is 2.01. The molecule has 0 aliphatic carbocycles. The third kappa shape index (κ3) is 5.78. The van der Waals surface area contributed by atoms with E-state index in [-0.39, 0.29) is 12.6 Å². The number of anilines is 1. The van der Waals surface area contributed by atoms with Crippen LogP contribution in [0.2, 0.25) is 0 Å². The number of nitrogens with zero attached hydrogens (tertiary/aromatic N) is 1. The van der Waals surface area contributed by atoms with E-state index in [4.69, 9.17) is 4.74 Å². The van der Waals surface area contributed by atoms with Crippen LogP contribution in [0.3, 0.4) is 0 Å². The lowest BCUT2D eigenvalue weighted by atomic mass is 10.1. The van der Waals surface area contributed by atoms with Gasteiger partial charge in [-0.3, -0.25) is 0 Å². The second-order valence-electron chi connectivity index (χ2n) is 5.60. The molecular formula is C20H23N3O2. The molecule has 0 unspecified atom stereocenters. The number of nitrogens with one attached hydrogen (secondary N) is 2. The summed E-state index contributed by atoms with van der Waals surface area (Å²) in [5.74, 6) is 6.86. The zero-order valence-corrected chi connectivity index (χ0v) is 14.8. The van der Waals surface area contributed by atoms with Crippen LogP contribution in [0.4, 0.5) is 10.5 Å². The number of hydrogen-bond acceptors (Lipinski definition) is 3. The van der Waals surface area contributed by atoms with Crippen LogP contribution in [0.1, 0.15) is 11.1 Å². The van der Waals surface area contributed by atoms with Gasteiger partial charge in [0.25, 0.3) is 0 Å². The Morgan fingerprint density at radius 3 is 2.48 bits per heavy atom. The number of ether oxygens (including phenoxy) is 1. The zero-order valence-electron chi connectivity index (χ0n) is 14.8. The number of benzene rings is 2. The summed E-state index contributed by atoms with van der Waals surface area (Å²) in [7, 11) is 5.58. The van der Waals surface area contributed by atoms with Crippen LogP contribution in [0.15, 0.2) is 48.5 Å². The number of hydrogen-bond donors (Lipinski definition) is 2. The van der Waals surface area contributed by atoms with Crippen molar-refractivity contribution in [3.63, 3.8) is 0 Å². The predicted molar refractivity (Wildman–Crippen MR) is 101 cm³/mol. The van der Waals surface area contributed by atoms with Crippen molar-refractivity contribution in [1.82, 2.24) is 10.6 Å². The molecule has 0 heterocycles. The highest BCUT2D eigenvalue weighted by Crippen LogP contribution is 2.16. The first-order chi connectivity index (χ1) is 12.1. The molecule has 0 saturated heterocycles. The lowest BCUT2D eigenvalue weighted by Gasteiger charge is -2.13. The summed E-state index contributed by atoms with van der Waals surface area (Å²) in [5.41, 5.74) is 2.99. The first-order valence-electron chi connectivity index (χ1n) is 8.00. The molecule has 0 aliphatic heterocycles. The minimum Gasteiger partial charge on any atom is -0.497 e. The Morgan fingerprint density at radius 1 is 1.08 bits per heavy atom. The fraction of sp³-hybridized carbons (Fsp3) is 0.250. The van der Waals surface area contributed by atoms with Gasteiger partial charge < -0.3 is 20.3 Å². The van der Waals surface area contributed by atoms with Crippen LogP contribution >= 0.6 is 0 Å². The third-order valence-corrected chi connectivity index (χ3v) is 3.56. The smallest absolute Gasteiger partial charge is 0.315 e. The van der Waals surface area contributed by atoms with E-state index in [0.717, 1.165) is 22.6 Å². The molecule has 25 heavy (non-hydrogen) atoms. The lowest BCUT2D eigenvalue weighted by molar-refractivity contribution is 0.241. The number of carbonyl (C=O) groups is 1. The van der Waals surface area contributed by atoms with E-state index in [1.54, 1.807) is 7.11 Å². The van der Waals surface area contributed by atoms with E-state index in [1.807, 2.05) is 67.5 Å². The predicted octanol–water partition coefficient (Wildman–Crippen LogP) is 2.61. The van der Waals surface area contributed by atoms with Crippen molar-refractivity contribution < 1.29 is 9.53 Å². The quantitative estimate of drug-likeness (QED) is 0.825. The molecule has 0 atom stereocenters. The summed E-state index contributed by atoms with van der Waals surface area (Å²) in [5, 5.41) is 5.53. The minimum absolute atomic E-state index is 0.244. The average molecular weight is 337 g/mol. The maximum atomic E-state index is 11.8. The van der Waals surface area contributed by atoms with Gasteiger partial charge in [0, 0.05) is 26.2 Å². The summed E-state index contributed by atoms with van der Waals surface area (Å²) < 4.78 is 5.10. The number of carbonyl (C=O) groups excluding carboxylic acids is 1. The molecular weight excluding hydrogens is 314 g/mol. The van der Waals surface area contributed by atoms with Gasteiger partial charge in [-0.2, -0.15) is 0 Å². The van der Waals surface area contributed by atoms with Gasteiger partial charge >= 0.3 is 6.03 Å². The Hall–Kier alpha value is -3.13. The van der Waals surface area contributed by atoms with E-state index in [1.165, 1.54) is 0 Å². The molecule has 0 spiro atoms. The van der Waals surface area contributed by atoms with Gasteiger partial charge in [0.05, 0.1) is 19.3 Å². The van der Waals surface area contributed by atoms with Crippen molar-refractivity contribution in [2.75, 3.05) is 32.6 Å². The van der Waals surface area contributed by atoms with Crippen LogP contribution in [-0.2, 0) is 6.54 Å². The largest absolute Gasteiger partial charge is 0.497 e. The van der Waals surface area contributed by atoms with Crippen LogP contribution in [0.5, 0.6) is 5.75 Å². The maximum Gasteiger partial charge on any atom is 0.315 e. The fourth-order valence-electron chi connectivity index (χ4n) is 2.22. The monoisotopic (exact) mass is 337 g/mol. The van der Waals surface area contributed by atoms with E-state index >= 15 is 0 Å². The van der Waals surface area contributed by atoms with Crippen LogP contribution in [0.25, 0.3) is 0 Å². The topological polar surface area (TPSA) is 53.6 Å².